The molecule has 2 aliphatic rings. The predicted molar refractivity (Wildman–Crippen MR) is 105 cm³/mol. The third-order valence-corrected chi connectivity index (χ3v) is 5.19. The van der Waals surface area contributed by atoms with E-state index in [2.05, 4.69) is 15.6 Å². The van der Waals surface area contributed by atoms with Crippen LogP contribution in [0.3, 0.4) is 0 Å². The van der Waals surface area contributed by atoms with Gasteiger partial charge in [-0.25, -0.2) is 4.79 Å². The third-order valence-electron chi connectivity index (χ3n) is 5.19. The largest absolute Gasteiger partial charge is 0.445 e. The molecular weight excluding hydrogens is 392 g/mol. The molecule has 10 nitrogen and oxygen atoms in total. The summed E-state index contributed by atoms with van der Waals surface area (Å²) in [5.74, 6) is -0.585. The van der Waals surface area contributed by atoms with Crippen LogP contribution in [-0.2, 0) is 25.7 Å². The van der Waals surface area contributed by atoms with Gasteiger partial charge in [0.1, 0.15) is 19.2 Å². The van der Waals surface area contributed by atoms with Gasteiger partial charge in [0.05, 0.1) is 6.10 Å². The molecule has 0 spiro atoms. The zero-order valence-electron chi connectivity index (χ0n) is 17.0. The Morgan fingerprint density at radius 2 is 2.20 bits per heavy atom. The lowest BCUT2D eigenvalue weighted by Crippen LogP contribution is -2.53. The van der Waals surface area contributed by atoms with Crippen LogP contribution < -0.4 is 10.6 Å². The summed E-state index contributed by atoms with van der Waals surface area (Å²) in [6.07, 6.45) is 3.64. The minimum absolute atomic E-state index is 0.0536. The van der Waals surface area contributed by atoms with Crippen LogP contribution in [0.15, 0.2) is 24.5 Å². The Kier molecular flexibility index (Phi) is 7.58. The van der Waals surface area contributed by atoms with Crippen molar-refractivity contribution in [2.24, 2.45) is 0 Å². The highest BCUT2D eigenvalue weighted by Gasteiger charge is 2.36. The minimum atomic E-state index is -0.901. The summed E-state index contributed by atoms with van der Waals surface area (Å²) in [5.41, 5.74) is 0.739. The van der Waals surface area contributed by atoms with Gasteiger partial charge in [0.25, 0.3) is 0 Å². The first kappa shape index (κ1) is 22.0. The van der Waals surface area contributed by atoms with Crippen molar-refractivity contribution >= 4 is 17.9 Å². The Labute approximate surface area is 174 Å². The number of carbonyl (C=O) groups excluding carboxylic acids is 3. The van der Waals surface area contributed by atoms with Gasteiger partial charge in [-0.05, 0) is 32.3 Å². The average Bonchev–Trinajstić information content (AvgIpc) is 3.20. The van der Waals surface area contributed by atoms with Crippen LogP contribution in [0, 0.1) is 0 Å². The number of pyridine rings is 1. The zero-order chi connectivity index (χ0) is 21.5. The Balaban J connectivity index is 1.44. The zero-order valence-corrected chi connectivity index (χ0v) is 17.0. The molecule has 3 heterocycles. The van der Waals surface area contributed by atoms with Crippen LogP contribution in [0.4, 0.5) is 4.79 Å². The molecule has 1 aromatic heterocycles. The number of hydrogen-bond acceptors (Lipinski definition) is 7. The van der Waals surface area contributed by atoms with Crippen LogP contribution in [0.5, 0.6) is 0 Å². The molecule has 2 saturated heterocycles. The Morgan fingerprint density at radius 1 is 1.37 bits per heavy atom. The highest BCUT2D eigenvalue weighted by Crippen LogP contribution is 2.21. The van der Waals surface area contributed by atoms with Crippen LogP contribution >= 0.6 is 0 Å². The third kappa shape index (κ3) is 6.14. The van der Waals surface area contributed by atoms with Gasteiger partial charge in [0.2, 0.25) is 11.8 Å². The van der Waals surface area contributed by atoms with Crippen LogP contribution in [-0.4, -0.2) is 70.5 Å². The number of amides is 3. The van der Waals surface area contributed by atoms with E-state index in [9.17, 15) is 19.5 Å². The maximum absolute atomic E-state index is 12.7. The lowest BCUT2D eigenvalue weighted by molar-refractivity contribution is -0.166. The van der Waals surface area contributed by atoms with E-state index in [0.717, 1.165) is 5.56 Å². The summed E-state index contributed by atoms with van der Waals surface area (Å²) < 4.78 is 10.3. The average molecular weight is 420 g/mol. The fourth-order valence-electron chi connectivity index (χ4n) is 3.81. The smallest absolute Gasteiger partial charge is 0.407 e. The first-order chi connectivity index (χ1) is 14.4. The number of aromatic nitrogens is 1. The van der Waals surface area contributed by atoms with Crippen molar-refractivity contribution in [2.75, 3.05) is 13.1 Å². The molecule has 1 aromatic rings. The van der Waals surface area contributed by atoms with Gasteiger partial charge >= 0.3 is 6.09 Å². The van der Waals surface area contributed by atoms with E-state index >= 15 is 0 Å². The van der Waals surface area contributed by atoms with E-state index in [1.807, 2.05) is 6.92 Å². The van der Waals surface area contributed by atoms with Gasteiger partial charge < -0.3 is 30.1 Å². The molecule has 0 bridgehead atoms. The number of nitrogens with one attached hydrogen (secondary N) is 2. The molecule has 164 valence electrons. The molecule has 0 saturated carbocycles. The van der Waals surface area contributed by atoms with E-state index in [4.69, 9.17) is 9.47 Å². The van der Waals surface area contributed by atoms with Gasteiger partial charge in [-0.2, -0.15) is 0 Å². The second-order valence-corrected chi connectivity index (χ2v) is 7.61. The standard InChI is InChI=1S/C20H28N4O6/c1-13-8-15(9-18(26)30-13)23-19(27)16-5-3-7-24(16)17(25)11-22-20(28)29-12-14-4-2-6-21-10-14/h2,4,6,10,13,15-16,18,26H,3,5,7-9,11-12H2,1H3,(H,22,28)(H,23,27). The molecule has 0 aromatic carbocycles. The number of alkyl carbamates (subject to hydrolysis) is 1. The monoisotopic (exact) mass is 420 g/mol. The van der Waals surface area contributed by atoms with Crippen molar-refractivity contribution < 1.29 is 29.0 Å². The number of rotatable bonds is 6. The maximum Gasteiger partial charge on any atom is 0.407 e. The number of ether oxygens (including phenoxy) is 2. The fraction of sp³-hybridized carbons (Fsp3) is 0.600. The first-order valence-electron chi connectivity index (χ1n) is 10.1. The number of carbonyl (C=O) groups is 3. The molecule has 0 radical (unpaired) electrons. The predicted octanol–water partition coefficient (Wildman–Crippen LogP) is 0.301. The first-order valence-corrected chi connectivity index (χ1v) is 10.1. The fourth-order valence-corrected chi connectivity index (χ4v) is 3.81. The number of nitrogens with zero attached hydrogens (tertiary/aromatic N) is 2. The molecule has 30 heavy (non-hydrogen) atoms. The van der Waals surface area contributed by atoms with Gasteiger partial charge in [0.15, 0.2) is 6.29 Å². The van der Waals surface area contributed by atoms with Crippen molar-refractivity contribution in [3.63, 3.8) is 0 Å². The second kappa shape index (κ2) is 10.4. The van der Waals surface area contributed by atoms with Crippen LogP contribution in [0.2, 0.25) is 0 Å². The Bertz CT molecular complexity index is 736. The Hall–Kier alpha value is -2.72. The van der Waals surface area contributed by atoms with Crippen molar-refractivity contribution in [1.29, 1.82) is 0 Å². The maximum atomic E-state index is 12.7. The van der Waals surface area contributed by atoms with Crippen molar-refractivity contribution in [1.82, 2.24) is 20.5 Å². The highest BCUT2D eigenvalue weighted by molar-refractivity contribution is 5.90. The summed E-state index contributed by atoms with van der Waals surface area (Å²) in [6, 6.07) is 2.73. The molecule has 3 amide bonds. The molecule has 3 rings (SSSR count). The molecule has 4 atom stereocenters. The Morgan fingerprint density at radius 3 is 2.93 bits per heavy atom. The lowest BCUT2D eigenvalue weighted by Gasteiger charge is -2.33. The molecule has 10 heteroatoms. The highest BCUT2D eigenvalue weighted by atomic mass is 16.6. The van der Waals surface area contributed by atoms with E-state index in [0.29, 0.717) is 32.2 Å². The molecular formula is C20H28N4O6. The van der Waals surface area contributed by atoms with Gasteiger partial charge in [-0.1, -0.05) is 6.07 Å². The molecule has 3 N–H and O–H groups in total. The van der Waals surface area contributed by atoms with Crippen LogP contribution in [0.1, 0.15) is 38.2 Å². The normalized spacial score (nSPS) is 26.1. The van der Waals surface area contributed by atoms with Crippen molar-refractivity contribution in [3.05, 3.63) is 30.1 Å². The SMILES string of the molecule is CC1CC(NC(=O)C2CCCN2C(=O)CNC(=O)OCc2cccnc2)CC(O)O1. The molecule has 2 aliphatic heterocycles. The number of aliphatic hydroxyl groups is 1. The summed E-state index contributed by atoms with van der Waals surface area (Å²) in [7, 11) is 0. The summed E-state index contributed by atoms with van der Waals surface area (Å²) in [5, 5.41) is 15.1. The van der Waals surface area contributed by atoms with Gasteiger partial charge in [-0.15, -0.1) is 0 Å². The van der Waals surface area contributed by atoms with E-state index < -0.39 is 18.4 Å². The van der Waals surface area contributed by atoms with Gasteiger partial charge in [0, 0.05) is 37.0 Å². The van der Waals surface area contributed by atoms with E-state index in [-0.39, 0.29) is 37.1 Å². The van der Waals surface area contributed by atoms with Gasteiger partial charge in [-0.3, -0.25) is 14.6 Å². The van der Waals surface area contributed by atoms with E-state index in [1.165, 1.54) is 4.90 Å². The number of likely N-dealkylation sites (tertiary alicyclic amines) is 1. The van der Waals surface area contributed by atoms with Crippen molar-refractivity contribution in [2.45, 2.75) is 63.7 Å². The molecule has 2 fully saturated rings. The van der Waals surface area contributed by atoms with Crippen molar-refractivity contribution in [3.8, 4) is 0 Å². The quantitative estimate of drug-likeness (QED) is 0.603. The molecule has 4 unspecified atom stereocenters. The number of aliphatic hydroxyl groups excluding tert-OH is 1. The summed E-state index contributed by atoms with van der Waals surface area (Å²) in [6.45, 7) is 2.10. The topological polar surface area (TPSA) is 130 Å². The summed E-state index contributed by atoms with van der Waals surface area (Å²) >= 11 is 0. The lowest BCUT2D eigenvalue weighted by atomic mass is 10.0. The van der Waals surface area contributed by atoms with E-state index in [1.54, 1.807) is 24.5 Å². The minimum Gasteiger partial charge on any atom is -0.445 e. The van der Waals surface area contributed by atoms with Crippen LogP contribution in [0.25, 0.3) is 0 Å². The summed E-state index contributed by atoms with van der Waals surface area (Å²) in [4.78, 5) is 42.5. The number of hydrogen-bond donors (Lipinski definition) is 3. The second-order valence-electron chi connectivity index (χ2n) is 7.61. The molecule has 0 aliphatic carbocycles.